The number of benzene rings is 2. The summed E-state index contributed by atoms with van der Waals surface area (Å²) >= 11 is 0. The largest absolute Gasteiger partial charge is 0.494 e. The molecule has 5 heteroatoms. The summed E-state index contributed by atoms with van der Waals surface area (Å²) in [6, 6.07) is 13.1. The molecule has 2 aromatic carbocycles. The van der Waals surface area contributed by atoms with E-state index in [9.17, 15) is 4.79 Å². The summed E-state index contributed by atoms with van der Waals surface area (Å²) in [6.45, 7) is 5.74. The van der Waals surface area contributed by atoms with Gasteiger partial charge in [0.25, 0.3) is 5.91 Å². The van der Waals surface area contributed by atoms with E-state index in [2.05, 4.69) is 10.3 Å². The van der Waals surface area contributed by atoms with Crippen molar-refractivity contribution in [1.29, 1.82) is 0 Å². The number of hydrogen-bond donors (Lipinski definition) is 1. The predicted octanol–water partition coefficient (Wildman–Crippen LogP) is 4.27. The molecular weight excluding hydrogens is 328 g/mol. The molecule has 1 atom stereocenters. The van der Waals surface area contributed by atoms with Crippen LogP contribution in [0.3, 0.4) is 0 Å². The molecule has 0 spiro atoms. The van der Waals surface area contributed by atoms with Crippen LogP contribution in [-0.4, -0.2) is 24.1 Å². The van der Waals surface area contributed by atoms with Crippen molar-refractivity contribution >= 4 is 22.5 Å². The molecule has 0 aliphatic heterocycles. The van der Waals surface area contributed by atoms with Crippen molar-refractivity contribution in [1.82, 2.24) is 4.98 Å². The van der Waals surface area contributed by atoms with Gasteiger partial charge in [0.1, 0.15) is 17.0 Å². The van der Waals surface area contributed by atoms with Gasteiger partial charge < -0.3 is 14.8 Å². The predicted molar refractivity (Wildman–Crippen MR) is 103 cm³/mol. The van der Waals surface area contributed by atoms with E-state index >= 15 is 0 Å². The van der Waals surface area contributed by atoms with Crippen molar-refractivity contribution in [2.24, 2.45) is 0 Å². The van der Waals surface area contributed by atoms with Gasteiger partial charge in [0.2, 0.25) is 0 Å². The van der Waals surface area contributed by atoms with E-state index in [1.807, 2.05) is 50.2 Å². The van der Waals surface area contributed by atoms with E-state index in [0.29, 0.717) is 22.7 Å². The Bertz CT molecular complexity index is 953. The maximum absolute atomic E-state index is 12.6. The average molecular weight is 350 g/mol. The second-order valence-corrected chi connectivity index (χ2v) is 6.16. The molecule has 0 aliphatic carbocycles. The number of carbonyl (C=O) groups excluding carboxylic acids is 1. The number of aryl methyl sites for hydroxylation is 1. The van der Waals surface area contributed by atoms with Crippen LogP contribution in [-0.2, 0) is 4.79 Å². The molecule has 1 aromatic heterocycles. The summed E-state index contributed by atoms with van der Waals surface area (Å²) in [5.41, 5.74) is 3.54. The fourth-order valence-corrected chi connectivity index (χ4v) is 2.75. The number of fused-ring (bicyclic) bond motifs is 1. The van der Waals surface area contributed by atoms with Gasteiger partial charge in [0.05, 0.1) is 12.8 Å². The van der Waals surface area contributed by atoms with E-state index in [4.69, 9.17) is 9.47 Å². The second-order valence-electron chi connectivity index (χ2n) is 6.16. The Hall–Kier alpha value is -3.08. The van der Waals surface area contributed by atoms with E-state index in [-0.39, 0.29) is 5.91 Å². The van der Waals surface area contributed by atoms with Crippen LogP contribution in [0.15, 0.2) is 48.7 Å². The summed E-state index contributed by atoms with van der Waals surface area (Å²) in [7, 11) is 1.60. The minimum Gasteiger partial charge on any atom is -0.494 e. The Labute approximate surface area is 153 Å². The zero-order chi connectivity index (χ0) is 18.7. The maximum atomic E-state index is 12.6. The zero-order valence-electron chi connectivity index (χ0n) is 15.4. The molecule has 0 aliphatic rings. The van der Waals surface area contributed by atoms with Crippen LogP contribution >= 0.6 is 0 Å². The van der Waals surface area contributed by atoms with Gasteiger partial charge in [-0.2, -0.15) is 0 Å². The quantitative estimate of drug-likeness (QED) is 0.747. The van der Waals surface area contributed by atoms with Gasteiger partial charge >= 0.3 is 0 Å². The van der Waals surface area contributed by atoms with E-state index < -0.39 is 6.10 Å². The van der Waals surface area contributed by atoms with Crippen molar-refractivity contribution in [3.8, 4) is 11.5 Å². The standard InChI is InChI=1S/C21H22N2O3/c1-13-7-5-9-18(14(13)2)26-15(3)21(24)23-17-10-11-19(25-4)20-16(17)8-6-12-22-20/h5-12,15H,1-4H3,(H,23,24)/t15-/m0/s1. The van der Waals surface area contributed by atoms with Crippen LogP contribution in [0.1, 0.15) is 18.1 Å². The lowest BCUT2D eigenvalue weighted by atomic mass is 10.1. The molecule has 0 bridgehead atoms. The van der Waals surface area contributed by atoms with Crippen molar-refractivity contribution in [2.75, 3.05) is 12.4 Å². The molecule has 0 saturated heterocycles. The Morgan fingerprint density at radius 2 is 1.88 bits per heavy atom. The maximum Gasteiger partial charge on any atom is 0.265 e. The van der Waals surface area contributed by atoms with E-state index in [0.717, 1.165) is 16.5 Å². The Kier molecular flexibility index (Phi) is 5.07. The topological polar surface area (TPSA) is 60.5 Å². The summed E-state index contributed by atoms with van der Waals surface area (Å²) in [4.78, 5) is 17.0. The van der Waals surface area contributed by atoms with Crippen molar-refractivity contribution < 1.29 is 14.3 Å². The number of carbonyl (C=O) groups is 1. The third-order valence-electron chi connectivity index (χ3n) is 4.44. The number of nitrogens with one attached hydrogen (secondary N) is 1. The molecule has 0 unspecified atom stereocenters. The lowest BCUT2D eigenvalue weighted by molar-refractivity contribution is -0.122. The number of hydrogen-bond acceptors (Lipinski definition) is 4. The third kappa shape index (κ3) is 3.47. The molecule has 1 amide bonds. The number of ether oxygens (including phenoxy) is 2. The van der Waals surface area contributed by atoms with Crippen LogP contribution in [0, 0.1) is 13.8 Å². The lowest BCUT2D eigenvalue weighted by Gasteiger charge is -2.18. The highest BCUT2D eigenvalue weighted by Gasteiger charge is 2.18. The van der Waals surface area contributed by atoms with Gasteiger partial charge in [0.15, 0.2) is 6.10 Å². The number of methoxy groups -OCH3 is 1. The van der Waals surface area contributed by atoms with Crippen LogP contribution in [0.2, 0.25) is 0 Å². The molecule has 3 aromatic rings. The van der Waals surface area contributed by atoms with Crippen molar-refractivity contribution in [3.05, 3.63) is 59.8 Å². The van der Waals surface area contributed by atoms with Gasteiger partial charge in [-0.15, -0.1) is 0 Å². The first-order chi connectivity index (χ1) is 12.5. The number of aromatic nitrogens is 1. The SMILES string of the molecule is COc1ccc(NC(=O)[C@H](C)Oc2cccc(C)c2C)c2cccnc12. The average Bonchev–Trinajstić information content (AvgIpc) is 2.65. The van der Waals surface area contributed by atoms with Gasteiger partial charge in [-0.25, -0.2) is 0 Å². The lowest BCUT2D eigenvalue weighted by Crippen LogP contribution is -2.30. The first-order valence-electron chi connectivity index (χ1n) is 8.46. The number of nitrogens with zero attached hydrogens (tertiary/aromatic N) is 1. The minimum absolute atomic E-state index is 0.221. The highest BCUT2D eigenvalue weighted by atomic mass is 16.5. The zero-order valence-corrected chi connectivity index (χ0v) is 15.4. The molecule has 1 N–H and O–H groups in total. The van der Waals surface area contributed by atoms with Gasteiger partial charge in [-0.05, 0) is 62.2 Å². The molecule has 0 fully saturated rings. The van der Waals surface area contributed by atoms with Gasteiger partial charge in [-0.1, -0.05) is 12.1 Å². The Morgan fingerprint density at radius 1 is 1.08 bits per heavy atom. The monoisotopic (exact) mass is 350 g/mol. The highest BCUT2D eigenvalue weighted by Crippen LogP contribution is 2.30. The van der Waals surface area contributed by atoms with Crippen LogP contribution in [0.25, 0.3) is 10.9 Å². The second kappa shape index (κ2) is 7.44. The molecule has 0 radical (unpaired) electrons. The normalized spacial score (nSPS) is 11.8. The molecule has 26 heavy (non-hydrogen) atoms. The summed E-state index contributed by atoms with van der Waals surface area (Å²) < 4.78 is 11.2. The Balaban J connectivity index is 1.82. The number of anilines is 1. The van der Waals surface area contributed by atoms with Crippen LogP contribution < -0.4 is 14.8 Å². The molecule has 5 nitrogen and oxygen atoms in total. The smallest absolute Gasteiger partial charge is 0.265 e. The van der Waals surface area contributed by atoms with E-state index in [1.165, 1.54) is 0 Å². The molecular formula is C21H22N2O3. The van der Waals surface area contributed by atoms with Crippen molar-refractivity contribution in [3.63, 3.8) is 0 Å². The highest BCUT2D eigenvalue weighted by molar-refractivity contribution is 6.04. The van der Waals surface area contributed by atoms with Crippen LogP contribution in [0.5, 0.6) is 11.5 Å². The number of amides is 1. The van der Waals surface area contributed by atoms with Crippen LogP contribution in [0.4, 0.5) is 5.69 Å². The fraction of sp³-hybridized carbons (Fsp3) is 0.238. The summed E-state index contributed by atoms with van der Waals surface area (Å²) in [6.07, 6.45) is 1.06. The van der Waals surface area contributed by atoms with Crippen molar-refractivity contribution in [2.45, 2.75) is 26.9 Å². The molecule has 1 heterocycles. The van der Waals surface area contributed by atoms with E-state index in [1.54, 1.807) is 26.3 Å². The summed E-state index contributed by atoms with van der Waals surface area (Å²) in [5.74, 6) is 1.16. The van der Waals surface area contributed by atoms with Gasteiger partial charge in [0, 0.05) is 11.6 Å². The summed E-state index contributed by atoms with van der Waals surface area (Å²) in [5, 5.41) is 3.75. The first kappa shape index (κ1) is 17.7. The Morgan fingerprint density at radius 3 is 2.65 bits per heavy atom. The number of pyridine rings is 1. The molecule has 134 valence electrons. The molecule has 3 rings (SSSR count). The third-order valence-corrected chi connectivity index (χ3v) is 4.44. The number of rotatable bonds is 5. The minimum atomic E-state index is -0.635. The first-order valence-corrected chi connectivity index (χ1v) is 8.46. The van der Waals surface area contributed by atoms with Gasteiger partial charge in [-0.3, -0.25) is 9.78 Å². The molecule has 0 saturated carbocycles. The fourth-order valence-electron chi connectivity index (χ4n) is 2.75.